The Bertz CT molecular complexity index is 1390. The first-order chi connectivity index (χ1) is 18.2. The van der Waals surface area contributed by atoms with Crippen molar-refractivity contribution in [1.29, 1.82) is 0 Å². The summed E-state index contributed by atoms with van der Waals surface area (Å²) in [5.41, 5.74) is 3.93. The zero-order valence-corrected chi connectivity index (χ0v) is 22.0. The number of benzene rings is 2. The van der Waals surface area contributed by atoms with Gasteiger partial charge < -0.3 is 25.7 Å². The van der Waals surface area contributed by atoms with E-state index in [2.05, 4.69) is 26.7 Å². The molecular formula is C28H30ClN5O4. The minimum atomic E-state index is -1.01. The summed E-state index contributed by atoms with van der Waals surface area (Å²) in [6.07, 6.45) is 3.09. The van der Waals surface area contributed by atoms with Crippen LogP contribution >= 0.6 is 11.6 Å². The number of carbonyl (C=O) groups is 2. The normalized spacial score (nSPS) is 17.1. The molecule has 2 amide bonds. The van der Waals surface area contributed by atoms with Crippen LogP contribution in [0.25, 0.3) is 11.3 Å². The minimum absolute atomic E-state index is 0.0871. The molecule has 1 aliphatic heterocycles. The fourth-order valence-corrected chi connectivity index (χ4v) is 5.02. The van der Waals surface area contributed by atoms with E-state index in [1.165, 1.54) is 11.1 Å². The van der Waals surface area contributed by atoms with Gasteiger partial charge in [0.15, 0.2) is 0 Å². The van der Waals surface area contributed by atoms with Crippen molar-refractivity contribution in [3.63, 3.8) is 0 Å². The number of fused-ring (bicyclic) bond motifs is 1. The summed E-state index contributed by atoms with van der Waals surface area (Å²) in [7, 11) is 0. The number of nitrogens with zero attached hydrogens (tertiary/aromatic N) is 3. The van der Waals surface area contributed by atoms with Crippen LogP contribution in [0.15, 0.2) is 48.7 Å². The van der Waals surface area contributed by atoms with Crippen LogP contribution in [-0.2, 0) is 16.9 Å². The Hall–Kier alpha value is -3.53. The van der Waals surface area contributed by atoms with Gasteiger partial charge in [-0.1, -0.05) is 53.6 Å². The summed E-state index contributed by atoms with van der Waals surface area (Å²) < 4.78 is 0. The number of nitrogens with one attached hydrogen (secondary N) is 2. The van der Waals surface area contributed by atoms with Crippen LogP contribution in [0.1, 0.15) is 46.8 Å². The summed E-state index contributed by atoms with van der Waals surface area (Å²) in [6.45, 7) is 3.44. The van der Waals surface area contributed by atoms with Crippen molar-refractivity contribution in [2.75, 3.05) is 18.5 Å². The molecule has 2 heterocycles. The molecule has 10 heteroatoms. The molecule has 0 saturated heterocycles. The summed E-state index contributed by atoms with van der Waals surface area (Å²) in [6, 6.07) is 12.1. The molecule has 2 aromatic carbocycles. The van der Waals surface area contributed by atoms with Gasteiger partial charge in [0.1, 0.15) is 6.04 Å². The van der Waals surface area contributed by atoms with E-state index in [0.29, 0.717) is 27.8 Å². The zero-order chi connectivity index (χ0) is 27.0. The second kappa shape index (κ2) is 10.3. The molecule has 5 rings (SSSR count). The van der Waals surface area contributed by atoms with Crippen LogP contribution in [0, 0.1) is 6.92 Å². The highest BCUT2D eigenvalue weighted by molar-refractivity contribution is 6.33. The molecule has 1 saturated carbocycles. The van der Waals surface area contributed by atoms with Gasteiger partial charge in [0.05, 0.1) is 35.7 Å². The molecule has 0 bridgehead atoms. The van der Waals surface area contributed by atoms with E-state index in [0.717, 1.165) is 29.5 Å². The predicted molar refractivity (Wildman–Crippen MR) is 144 cm³/mol. The maximum absolute atomic E-state index is 13.4. The fourth-order valence-electron chi connectivity index (χ4n) is 4.82. The van der Waals surface area contributed by atoms with E-state index in [1.807, 2.05) is 37.3 Å². The van der Waals surface area contributed by atoms with Gasteiger partial charge in [0, 0.05) is 23.7 Å². The molecule has 3 aromatic rings. The third kappa shape index (κ3) is 4.97. The van der Waals surface area contributed by atoms with Crippen LogP contribution in [0.2, 0.25) is 5.02 Å². The molecule has 198 valence electrons. The summed E-state index contributed by atoms with van der Waals surface area (Å²) in [4.78, 5) is 36.8. The van der Waals surface area contributed by atoms with Gasteiger partial charge in [-0.05, 0) is 43.9 Å². The first-order valence-corrected chi connectivity index (χ1v) is 13.0. The summed E-state index contributed by atoms with van der Waals surface area (Å²) in [5.74, 6) is -0.409. The lowest BCUT2D eigenvalue weighted by atomic mass is 10.0. The highest BCUT2D eigenvalue weighted by Crippen LogP contribution is 2.46. The Balaban J connectivity index is 1.36. The van der Waals surface area contributed by atoms with Gasteiger partial charge in [-0.2, -0.15) is 0 Å². The third-order valence-corrected chi connectivity index (χ3v) is 7.42. The molecule has 9 nitrogen and oxygen atoms in total. The Morgan fingerprint density at radius 3 is 2.66 bits per heavy atom. The van der Waals surface area contributed by atoms with Crippen molar-refractivity contribution >= 4 is 29.4 Å². The lowest BCUT2D eigenvalue weighted by Gasteiger charge is -2.28. The van der Waals surface area contributed by atoms with Crippen molar-refractivity contribution in [1.82, 2.24) is 20.2 Å². The van der Waals surface area contributed by atoms with E-state index in [4.69, 9.17) is 11.6 Å². The summed E-state index contributed by atoms with van der Waals surface area (Å²) in [5, 5.41) is 25.9. The van der Waals surface area contributed by atoms with Gasteiger partial charge in [-0.3, -0.25) is 9.59 Å². The smallest absolute Gasteiger partial charge is 0.255 e. The van der Waals surface area contributed by atoms with Crippen molar-refractivity contribution in [3.05, 3.63) is 75.9 Å². The van der Waals surface area contributed by atoms with E-state index in [-0.39, 0.29) is 31.0 Å². The SMILES string of the molecule is Cc1cccc(C2(NC(=O)C(CO)N3Cc4ccc(-c5nc(NC(C)CO)ncc5Cl)cc4C3=O)CC2)c1. The number of halogens is 1. The number of anilines is 1. The Kier molecular flexibility index (Phi) is 7.09. The Morgan fingerprint density at radius 2 is 1.97 bits per heavy atom. The van der Waals surface area contributed by atoms with Crippen molar-refractivity contribution < 1.29 is 19.8 Å². The van der Waals surface area contributed by atoms with E-state index in [1.54, 1.807) is 13.0 Å². The second-order valence-corrected chi connectivity index (χ2v) is 10.5. The van der Waals surface area contributed by atoms with E-state index < -0.39 is 18.2 Å². The second-order valence-electron chi connectivity index (χ2n) is 10.1. The van der Waals surface area contributed by atoms with Gasteiger partial charge in [0.2, 0.25) is 11.9 Å². The Morgan fingerprint density at radius 1 is 1.18 bits per heavy atom. The van der Waals surface area contributed by atoms with Crippen LogP contribution in [0.4, 0.5) is 5.95 Å². The molecular weight excluding hydrogens is 506 g/mol. The van der Waals surface area contributed by atoms with Gasteiger partial charge >= 0.3 is 0 Å². The molecule has 2 atom stereocenters. The first kappa shape index (κ1) is 26.1. The molecule has 2 unspecified atom stereocenters. The number of aliphatic hydroxyl groups is 2. The maximum atomic E-state index is 13.4. The van der Waals surface area contributed by atoms with Gasteiger partial charge in [0.25, 0.3) is 5.91 Å². The van der Waals surface area contributed by atoms with Crippen LogP contribution < -0.4 is 10.6 Å². The fraction of sp³-hybridized carbons (Fsp3) is 0.357. The van der Waals surface area contributed by atoms with Crippen molar-refractivity contribution in [2.24, 2.45) is 0 Å². The van der Waals surface area contributed by atoms with Crippen molar-refractivity contribution in [3.8, 4) is 11.3 Å². The lowest BCUT2D eigenvalue weighted by molar-refractivity contribution is -0.128. The number of hydrogen-bond donors (Lipinski definition) is 4. The molecule has 38 heavy (non-hydrogen) atoms. The standard InChI is InChI=1S/C28H30ClN5O4/c1-16-4-3-5-20(10-16)28(8-9-28)33-25(37)23(15-36)34-13-19-7-6-18(11-21(19)26(34)38)24-22(29)12-30-27(32-24)31-17(2)14-35/h3-7,10-12,17,23,35-36H,8-9,13-15H2,1-2H3,(H,33,37)(H,30,31,32). The van der Waals surface area contributed by atoms with Crippen LogP contribution in [-0.4, -0.2) is 62.2 Å². The number of hydrogen-bond acceptors (Lipinski definition) is 7. The topological polar surface area (TPSA) is 128 Å². The molecule has 0 radical (unpaired) electrons. The largest absolute Gasteiger partial charge is 0.394 e. The Labute approximate surface area is 225 Å². The zero-order valence-electron chi connectivity index (χ0n) is 21.2. The molecule has 1 aliphatic carbocycles. The van der Waals surface area contributed by atoms with E-state index >= 15 is 0 Å². The molecule has 1 fully saturated rings. The monoisotopic (exact) mass is 535 g/mol. The molecule has 1 aromatic heterocycles. The van der Waals surface area contributed by atoms with Crippen molar-refractivity contribution in [2.45, 2.75) is 50.9 Å². The predicted octanol–water partition coefficient (Wildman–Crippen LogP) is 3.02. The highest BCUT2D eigenvalue weighted by atomic mass is 35.5. The molecule has 0 spiro atoms. The summed E-state index contributed by atoms with van der Waals surface area (Å²) >= 11 is 6.38. The third-order valence-electron chi connectivity index (χ3n) is 7.14. The number of aryl methyl sites for hydroxylation is 1. The lowest BCUT2D eigenvalue weighted by Crippen LogP contribution is -2.51. The highest BCUT2D eigenvalue weighted by Gasteiger charge is 2.48. The number of carbonyl (C=O) groups excluding carboxylic acids is 2. The molecule has 4 N–H and O–H groups in total. The minimum Gasteiger partial charge on any atom is -0.394 e. The van der Waals surface area contributed by atoms with Gasteiger partial charge in [-0.15, -0.1) is 0 Å². The number of rotatable bonds is 9. The van der Waals surface area contributed by atoms with Gasteiger partial charge in [-0.25, -0.2) is 9.97 Å². The average molecular weight is 536 g/mol. The van der Waals surface area contributed by atoms with E-state index in [9.17, 15) is 19.8 Å². The number of aromatic nitrogens is 2. The quantitative estimate of drug-likeness (QED) is 0.331. The first-order valence-electron chi connectivity index (χ1n) is 12.6. The number of aliphatic hydroxyl groups excluding tert-OH is 2. The van der Waals surface area contributed by atoms with Crippen LogP contribution in [0.3, 0.4) is 0 Å². The van der Waals surface area contributed by atoms with Crippen LogP contribution in [0.5, 0.6) is 0 Å². The molecule has 2 aliphatic rings. The maximum Gasteiger partial charge on any atom is 0.255 e. The average Bonchev–Trinajstić information content (AvgIpc) is 3.62. The number of amides is 2.